The van der Waals surface area contributed by atoms with Gasteiger partial charge in [-0.3, -0.25) is 0 Å². The Balaban J connectivity index is 1.66. The van der Waals surface area contributed by atoms with Gasteiger partial charge in [0.05, 0.1) is 7.11 Å². The molecular weight excluding hydrogens is 256 g/mol. The second-order valence-corrected chi connectivity index (χ2v) is 5.14. The number of hydrogen-bond acceptors (Lipinski definition) is 6. The fraction of sp³-hybridized carbons (Fsp3) is 0.500. The van der Waals surface area contributed by atoms with E-state index in [-0.39, 0.29) is 0 Å². The molecule has 1 unspecified atom stereocenters. The van der Waals surface area contributed by atoms with E-state index in [1.165, 1.54) is 0 Å². The molecule has 0 bridgehead atoms. The number of ether oxygens (including phenoxy) is 1. The largest absolute Gasteiger partial charge is 0.481 e. The summed E-state index contributed by atoms with van der Waals surface area (Å²) in [7, 11) is 1.60. The lowest BCUT2D eigenvalue weighted by Crippen LogP contribution is -2.44. The Hall–Kier alpha value is -1.95. The fourth-order valence-corrected chi connectivity index (χ4v) is 2.21. The van der Waals surface area contributed by atoms with Gasteiger partial charge < -0.3 is 14.6 Å². The van der Waals surface area contributed by atoms with E-state index in [0.29, 0.717) is 30.0 Å². The maximum atomic E-state index is 5.37. The molecule has 1 aliphatic heterocycles. The summed E-state index contributed by atoms with van der Waals surface area (Å²) in [4.78, 5) is 8.66. The molecule has 0 radical (unpaired) electrons. The van der Waals surface area contributed by atoms with Gasteiger partial charge in [-0.2, -0.15) is 4.98 Å². The van der Waals surface area contributed by atoms with E-state index >= 15 is 0 Å². The quantitative estimate of drug-likeness (QED) is 0.888. The summed E-state index contributed by atoms with van der Waals surface area (Å²) in [6.07, 6.45) is 2.39. The Bertz CT molecular complexity index is 563. The van der Waals surface area contributed by atoms with Gasteiger partial charge in [0.2, 0.25) is 11.8 Å². The van der Waals surface area contributed by atoms with Crippen LogP contribution < -0.4 is 10.1 Å². The van der Waals surface area contributed by atoms with Gasteiger partial charge in [-0.15, -0.1) is 0 Å². The Morgan fingerprint density at radius 2 is 2.30 bits per heavy atom. The van der Waals surface area contributed by atoms with Gasteiger partial charge in [0.1, 0.15) is 0 Å². The second-order valence-electron chi connectivity index (χ2n) is 5.14. The molecule has 1 atom stereocenters. The van der Waals surface area contributed by atoms with Crippen molar-refractivity contribution in [3.8, 4) is 5.88 Å². The molecule has 0 amide bonds. The molecule has 1 N–H and O–H groups in total. The van der Waals surface area contributed by atoms with Crippen molar-refractivity contribution < 1.29 is 9.26 Å². The van der Waals surface area contributed by atoms with Crippen LogP contribution in [0, 0.1) is 5.92 Å². The fourth-order valence-electron chi connectivity index (χ4n) is 2.21. The number of methoxy groups -OCH3 is 1. The third kappa shape index (κ3) is 2.65. The summed E-state index contributed by atoms with van der Waals surface area (Å²) >= 11 is 0. The van der Waals surface area contributed by atoms with Gasteiger partial charge in [-0.1, -0.05) is 18.1 Å². The van der Waals surface area contributed by atoms with Crippen molar-refractivity contribution in [1.82, 2.24) is 20.4 Å². The molecule has 0 spiro atoms. The van der Waals surface area contributed by atoms with Gasteiger partial charge in [-0.05, 0) is 24.6 Å². The number of aromatic nitrogens is 3. The van der Waals surface area contributed by atoms with Crippen molar-refractivity contribution in [3.63, 3.8) is 0 Å². The van der Waals surface area contributed by atoms with Crippen molar-refractivity contribution in [2.24, 2.45) is 5.92 Å². The van der Waals surface area contributed by atoms with Gasteiger partial charge in [-0.25, -0.2) is 4.98 Å². The zero-order chi connectivity index (χ0) is 13.9. The van der Waals surface area contributed by atoms with Gasteiger partial charge in [0.15, 0.2) is 5.82 Å². The highest BCUT2D eigenvalue weighted by molar-refractivity contribution is 5.20. The van der Waals surface area contributed by atoms with E-state index in [9.17, 15) is 0 Å². The van der Waals surface area contributed by atoms with Crippen molar-refractivity contribution >= 4 is 0 Å². The predicted molar refractivity (Wildman–Crippen MR) is 72.7 cm³/mol. The van der Waals surface area contributed by atoms with E-state index < -0.39 is 0 Å². The third-order valence-corrected chi connectivity index (χ3v) is 3.76. The monoisotopic (exact) mass is 274 g/mol. The van der Waals surface area contributed by atoms with Crippen molar-refractivity contribution in [2.45, 2.75) is 19.3 Å². The van der Waals surface area contributed by atoms with Gasteiger partial charge >= 0.3 is 0 Å². The maximum Gasteiger partial charge on any atom is 0.229 e. The SMILES string of the molecule is COc1ccc(Cc2noc(C(C)C3CNC3)n2)cn1. The lowest BCUT2D eigenvalue weighted by molar-refractivity contribution is 0.252. The number of nitrogens with zero attached hydrogens (tertiary/aromatic N) is 3. The van der Waals surface area contributed by atoms with Crippen molar-refractivity contribution in [1.29, 1.82) is 0 Å². The van der Waals surface area contributed by atoms with E-state index in [2.05, 4.69) is 27.4 Å². The molecule has 1 aliphatic rings. The van der Waals surface area contributed by atoms with E-state index in [1.54, 1.807) is 13.3 Å². The van der Waals surface area contributed by atoms with Crippen LogP contribution in [-0.2, 0) is 6.42 Å². The first kappa shape index (κ1) is 13.1. The van der Waals surface area contributed by atoms with Crippen LogP contribution >= 0.6 is 0 Å². The van der Waals surface area contributed by atoms with Crippen LogP contribution in [0.4, 0.5) is 0 Å². The average Bonchev–Trinajstić information content (AvgIpc) is 2.86. The predicted octanol–water partition coefficient (Wildman–Crippen LogP) is 1.39. The minimum atomic E-state index is 0.312. The first-order valence-corrected chi connectivity index (χ1v) is 6.78. The molecule has 0 saturated carbocycles. The molecule has 2 aromatic heterocycles. The zero-order valence-corrected chi connectivity index (χ0v) is 11.7. The smallest absolute Gasteiger partial charge is 0.229 e. The summed E-state index contributed by atoms with van der Waals surface area (Å²) in [6.45, 7) is 4.19. The van der Waals surface area contributed by atoms with E-state index in [0.717, 1.165) is 24.5 Å². The molecule has 2 aromatic rings. The number of hydrogen-bond donors (Lipinski definition) is 1. The summed E-state index contributed by atoms with van der Waals surface area (Å²) in [6, 6.07) is 3.79. The summed E-state index contributed by atoms with van der Waals surface area (Å²) in [5, 5.41) is 7.31. The van der Waals surface area contributed by atoms with Crippen LogP contribution in [0.2, 0.25) is 0 Å². The molecule has 3 rings (SSSR count). The Morgan fingerprint density at radius 1 is 1.45 bits per heavy atom. The second kappa shape index (κ2) is 5.58. The summed E-state index contributed by atoms with van der Waals surface area (Å²) < 4.78 is 10.4. The zero-order valence-electron chi connectivity index (χ0n) is 11.7. The van der Waals surface area contributed by atoms with Crippen molar-refractivity contribution in [3.05, 3.63) is 35.6 Å². The molecule has 6 heteroatoms. The lowest BCUT2D eigenvalue weighted by atomic mass is 9.89. The van der Waals surface area contributed by atoms with Crippen LogP contribution in [0.3, 0.4) is 0 Å². The Kier molecular flexibility index (Phi) is 3.64. The molecule has 1 saturated heterocycles. The topological polar surface area (TPSA) is 73.1 Å². The van der Waals surface area contributed by atoms with E-state index in [4.69, 9.17) is 9.26 Å². The standard InChI is InChI=1S/C14H18N4O2/c1-9(11-7-15-8-11)14-17-12(18-20-14)5-10-3-4-13(19-2)16-6-10/h3-4,6,9,11,15H,5,7-8H2,1-2H3. The number of nitrogens with one attached hydrogen (secondary N) is 1. The highest BCUT2D eigenvalue weighted by Gasteiger charge is 2.28. The highest BCUT2D eigenvalue weighted by atomic mass is 16.5. The van der Waals surface area contributed by atoms with Gasteiger partial charge in [0, 0.05) is 24.6 Å². The molecule has 3 heterocycles. The number of rotatable bonds is 5. The number of pyridine rings is 1. The molecule has 106 valence electrons. The Labute approximate surface area is 117 Å². The van der Waals surface area contributed by atoms with Crippen LogP contribution in [0.1, 0.15) is 30.1 Å². The summed E-state index contributed by atoms with van der Waals surface area (Å²) in [5.41, 5.74) is 1.04. The lowest BCUT2D eigenvalue weighted by Gasteiger charge is -2.30. The third-order valence-electron chi connectivity index (χ3n) is 3.76. The van der Waals surface area contributed by atoms with Crippen LogP contribution in [-0.4, -0.2) is 35.3 Å². The maximum absolute atomic E-state index is 5.37. The molecule has 20 heavy (non-hydrogen) atoms. The van der Waals surface area contributed by atoms with Crippen LogP contribution in [0.5, 0.6) is 5.88 Å². The minimum absolute atomic E-state index is 0.312. The highest BCUT2D eigenvalue weighted by Crippen LogP contribution is 2.25. The van der Waals surface area contributed by atoms with Gasteiger partial charge in [0.25, 0.3) is 0 Å². The first-order chi connectivity index (χ1) is 9.76. The van der Waals surface area contributed by atoms with Crippen molar-refractivity contribution in [2.75, 3.05) is 20.2 Å². The summed E-state index contributed by atoms with van der Waals surface area (Å²) in [5.74, 6) is 2.95. The molecule has 0 aliphatic carbocycles. The van der Waals surface area contributed by atoms with Crippen LogP contribution in [0.15, 0.2) is 22.9 Å². The first-order valence-electron chi connectivity index (χ1n) is 6.78. The van der Waals surface area contributed by atoms with Crippen LogP contribution in [0.25, 0.3) is 0 Å². The van der Waals surface area contributed by atoms with E-state index in [1.807, 2.05) is 12.1 Å². The minimum Gasteiger partial charge on any atom is -0.481 e. The average molecular weight is 274 g/mol. The molecule has 6 nitrogen and oxygen atoms in total. The molecular formula is C14H18N4O2. The Morgan fingerprint density at radius 3 is 2.90 bits per heavy atom. The molecule has 1 fully saturated rings. The molecule has 0 aromatic carbocycles. The normalized spacial score (nSPS) is 16.7.